The number of hydrogen-bond acceptors (Lipinski definition) is 2. The maximum atomic E-state index is 12.8. The van der Waals surface area contributed by atoms with E-state index in [9.17, 15) is 9.18 Å². The van der Waals surface area contributed by atoms with Gasteiger partial charge in [0.05, 0.1) is 6.04 Å². The molecule has 1 amide bonds. The third-order valence-electron chi connectivity index (χ3n) is 2.42. The highest BCUT2D eigenvalue weighted by Crippen LogP contribution is 2.17. The van der Waals surface area contributed by atoms with E-state index in [2.05, 4.69) is 5.32 Å². The lowest BCUT2D eigenvalue weighted by atomic mass is 10.1. The lowest BCUT2D eigenvalue weighted by Crippen LogP contribution is -2.33. The Hall–Kier alpha value is -1.42. The monoisotopic (exact) mass is 224 g/mol. The van der Waals surface area contributed by atoms with Gasteiger partial charge in [-0.15, -0.1) is 0 Å². The van der Waals surface area contributed by atoms with Gasteiger partial charge in [0.25, 0.3) is 0 Å². The zero-order valence-corrected chi connectivity index (χ0v) is 9.83. The Morgan fingerprint density at radius 2 is 1.94 bits per heavy atom. The van der Waals surface area contributed by atoms with Crippen molar-refractivity contribution in [2.24, 2.45) is 0 Å². The van der Waals surface area contributed by atoms with E-state index in [1.807, 2.05) is 19.0 Å². The number of nitrogens with one attached hydrogen (secondary N) is 1. The van der Waals surface area contributed by atoms with E-state index in [-0.39, 0.29) is 17.8 Å². The summed E-state index contributed by atoms with van der Waals surface area (Å²) in [6.07, 6.45) is 0. The van der Waals surface area contributed by atoms with Crippen molar-refractivity contribution in [2.75, 3.05) is 20.6 Å². The second-order valence-electron chi connectivity index (χ2n) is 3.97. The normalized spacial score (nSPS) is 12.6. The van der Waals surface area contributed by atoms with Crippen LogP contribution in [0.4, 0.5) is 4.39 Å². The molecular weight excluding hydrogens is 207 g/mol. The van der Waals surface area contributed by atoms with Crippen LogP contribution in [0.1, 0.15) is 18.5 Å². The molecule has 16 heavy (non-hydrogen) atoms. The highest BCUT2D eigenvalue weighted by molar-refractivity contribution is 5.72. The number of amides is 1. The minimum absolute atomic E-state index is 0.0597. The molecule has 0 radical (unpaired) electrons. The van der Waals surface area contributed by atoms with Gasteiger partial charge in [-0.25, -0.2) is 4.39 Å². The number of benzene rings is 1. The number of hydrogen-bond donors (Lipinski definition) is 1. The molecule has 4 heteroatoms. The number of halogens is 1. The van der Waals surface area contributed by atoms with Gasteiger partial charge in [0.2, 0.25) is 5.91 Å². The van der Waals surface area contributed by atoms with Crippen molar-refractivity contribution < 1.29 is 9.18 Å². The van der Waals surface area contributed by atoms with Crippen LogP contribution in [0.2, 0.25) is 0 Å². The van der Waals surface area contributed by atoms with E-state index < -0.39 is 0 Å². The minimum atomic E-state index is -0.249. The third kappa shape index (κ3) is 3.62. The maximum Gasteiger partial charge on any atom is 0.216 e. The number of nitrogens with zero attached hydrogens (tertiary/aromatic N) is 1. The highest BCUT2D eigenvalue weighted by Gasteiger charge is 2.14. The Balaban J connectivity index is 2.77. The van der Waals surface area contributed by atoms with Crippen molar-refractivity contribution in [2.45, 2.75) is 13.0 Å². The van der Waals surface area contributed by atoms with Crippen molar-refractivity contribution in [3.05, 3.63) is 35.6 Å². The molecule has 0 saturated carbocycles. The zero-order valence-electron chi connectivity index (χ0n) is 9.83. The Bertz CT molecular complexity index is 349. The molecule has 1 N–H and O–H groups in total. The van der Waals surface area contributed by atoms with Crippen molar-refractivity contribution >= 4 is 5.91 Å². The van der Waals surface area contributed by atoms with Crippen LogP contribution in [0.5, 0.6) is 0 Å². The van der Waals surface area contributed by atoms with Gasteiger partial charge < -0.3 is 10.2 Å². The molecule has 0 aliphatic carbocycles. The molecule has 1 unspecified atom stereocenters. The van der Waals surface area contributed by atoms with Crippen LogP contribution >= 0.6 is 0 Å². The zero-order chi connectivity index (χ0) is 12.1. The molecular formula is C12H17FN2O. The lowest BCUT2D eigenvalue weighted by Gasteiger charge is -2.24. The van der Waals surface area contributed by atoms with Crippen LogP contribution < -0.4 is 5.32 Å². The summed E-state index contributed by atoms with van der Waals surface area (Å²) in [5.41, 5.74) is 0.986. The summed E-state index contributed by atoms with van der Waals surface area (Å²) in [6.45, 7) is 2.01. The third-order valence-corrected chi connectivity index (χ3v) is 2.42. The lowest BCUT2D eigenvalue weighted by molar-refractivity contribution is -0.119. The quantitative estimate of drug-likeness (QED) is 0.842. The summed E-state index contributed by atoms with van der Waals surface area (Å²) >= 11 is 0. The summed E-state index contributed by atoms with van der Waals surface area (Å²) in [7, 11) is 3.85. The molecule has 0 aliphatic heterocycles. The summed E-state index contributed by atoms with van der Waals surface area (Å²) in [4.78, 5) is 12.9. The topological polar surface area (TPSA) is 32.3 Å². The second-order valence-corrected chi connectivity index (χ2v) is 3.97. The van der Waals surface area contributed by atoms with Gasteiger partial charge >= 0.3 is 0 Å². The summed E-state index contributed by atoms with van der Waals surface area (Å²) in [6, 6.07) is 6.40. The molecule has 0 spiro atoms. The van der Waals surface area contributed by atoms with E-state index in [0.717, 1.165) is 5.56 Å². The van der Waals surface area contributed by atoms with Crippen molar-refractivity contribution in [3.63, 3.8) is 0 Å². The first-order valence-corrected chi connectivity index (χ1v) is 5.17. The van der Waals surface area contributed by atoms with Crippen LogP contribution in [0.25, 0.3) is 0 Å². The van der Waals surface area contributed by atoms with E-state index in [1.54, 1.807) is 12.1 Å². The predicted octanol–water partition coefficient (Wildman–Crippen LogP) is 1.56. The Labute approximate surface area is 95.3 Å². The highest BCUT2D eigenvalue weighted by atomic mass is 19.1. The average molecular weight is 224 g/mol. The molecule has 1 rings (SSSR count). The predicted molar refractivity (Wildman–Crippen MR) is 61.5 cm³/mol. The van der Waals surface area contributed by atoms with E-state index in [4.69, 9.17) is 0 Å². The van der Waals surface area contributed by atoms with Crippen LogP contribution in [0.15, 0.2) is 24.3 Å². The fourth-order valence-electron chi connectivity index (χ4n) is 1.52. The van der Waals surface area contributed by atoms with E-state index >= 15 is 0 Å². The first kappa shape index (κ1) is 12.6. The molecule has 1 aromatic rings. The average Bonchev–Trinajstić information content (AvgIpc) is 2.20. The van der Waals surface area contributed by atoms with Gasteiger partial charge in [0, 0.05) is 13.5 Å². The van der Waals surface area contributed by atoms with Gasteiger partial charge in [-0.2, -0.15) is 0 Å². The van der Waals surface area contributed by atoms with Crippen molar-refractivity contribution in [3.8, 4) is 0 Å². The molecule has 88 valence electrons. The number of carbonyl (C=O) groups is 1. The molecule has 0 aliphatic rings. The van der Waals surface area contributed by atoms with Crippen LogP contribution in [0, 0.1) is 5.82 Å². The Kier molecular flexibility index (Phi) is 4.43. The van der Waals surface area contributed by atoms with Crippen LogP contribution in [-0.4, -0.2) is 31.4 Å². The van der Waals surface area contributed by atoms with Gasteiger partial charge in [-0.3, -0.25) is 4.79 Å². The largest absolute Gasteiger partial charge is 0.354 e. The number of carbonyl (C=O) groups excluding carboxylic acids is 1. The molecule has 0 heterocycles. The van der Waals surface area contributed by atoms with Gasteiger partial charge in [-0.05, 0) is 31.8 Å². The number of likely N-dealkylation sites (N-methyl/N-ethyl adjacent to an activating group) is 1. The fraction of sp³-hybridized carbons (Fsp3) is 0.417. The van der Waals surface area contributed by atoms with Crippen LogP contribution in [0.3, 0.4) is 0 Å². The maximum absolute atomic E-state index is 12.8. The van der Waals surface area contributed by atoms with E-state index in [0.29, 0.717) is 6.54 Å². The first-order chi connectivity index (χ1) is 7.50. The second kappa shape index (κ2) is 5.61. The fourth-order valence-corrected chi connectivity index (χ4v) is 1.52. The Morgan fingerprint density at radius 1 is 1.38 bits per heavy atom. The van der Waals surface area contributed by atoms with Gasteiger partial charge in [0.15, 0.2) is 0 Å². The van der Waals surface area contributed by atoms with E-state index in [1.165, 1.54) is 19.1 Å². The van der Waals surface area contributed by atoms with Gasteiger partial charge in [-0.1, -0.05) is 12.1 Å². The van der Waals surface area contributed by atoms with Crippen molar-refractivity contribution in [1.82, 2.24) is 10.2 Å². The summed E-state index contributed by atoms with van der Waals surface area (Å²) in [5.74, 6) is -0.310. The smallest absolute Gasteiger partial charge is 0.216 e. The Morgan fingerprint density at radius 3 is 2.38 bits per heavy atom. The molecule has 3 nitrogen and oxygen atoms in total. The SMILES string of the molecule is CC(=O)NCC(c1ccc(F)cc1)N(C)C. The molecule has 0 saturated heterocycles. The standard InChI is InChI=1S/C12H17FN2O/c1-9(16)14-8-12(15(2)3)10-4-6-11(13)7-5-10/h4-7,12H,8H2,1-3H3,(H,14,16). The molecule has 0 bridgehead atoms. The summed E-state index contributed by atoms with van der Waals surface area (Å²) in [5, 5.41) is 2.77. The molecule has 1 atom stereocenters. The van der Waals surface area contributed by atoms with Gasteiger partial charge in [0.1, 0.15) is 5.82 Å². The first-order valence-electron chi connectivity index (χ1n) is 5.17. The number of rotatable bonds is 4. The van der Waals surface area contributed by atoms with Crippen molar-refractivity contribution in [1.29, 1.82) is 0 Å². The minimum Gasteiger partial charge on any atom is -0.354 e. The summed E-state index contributed by atoms with van der Waals surface area (Å²) < 4.78 is 12.8. The van der Waals surface area contributed by atoms with Crippen LogP contribution in [-0.2, 0) is 4.79 Å². The molecule has 0 fully saturated rings. The molecule has 0 aromatic heterocycles. The molecule has 1 aromatic carbocycles.